The van der Waals surface area contributed by atoms with Crippen molar-refractivity contribution in [3.05, 3.63) is 41.4 Å². The summed E-state index contributed by atoms with van der Waals surface area (Å²) in [5.41, 5.74) is 0.715. The van der Waals surface area contributed by atoms with Gasteiger partial charge in [0.15, 0.2) is 0 Å². The monoisotopic (exact) mass is 251 g/mol. The lowest BCUT2D eigenvalue weighted by Gasteiger charge is -2.09. The highest BCUT2D eigenvalue weighted by molar-refractivity contribution is 6.30. The Bertz CT molecular complexity index is 548. The van der Waals surface area contributed by atoms with Crippen LogP contribution in [0.2, 0.25) is 5.02 Å². The Morgan fingerprint density at radius 3 is 2.94 bits per heavy atom. The highest BCUT2D eigenvalue weighted by Gasteiger charge is 2.22. The maximum absolute atomic E-state index is 13.4. The minimum Gasteiger partial charge on any atom is -0.353 e. The number of imidazole rings is 1. The van der Waals surface area contributed by atoms with Crippen LogP contribution in [0.1, 0.15) is 12.8 Å². The van der Waals surface area contributed by atoms with Gasteiger partial charge in [0.25, 0.3) is 0 Å². The maximum Gasteiger partial charge on any atom is 0.207 e. The lowest BCUT2D eigenvalue weighted by Crippen LogP contribution is -2.07. The Morgan fingerprint density at radius 1 is 1.41 bits per heavy atom. The first-order valence-electron chi connectivity index (χ1n) is 5.49. The van der Waals surface area contributed by atoms with E-state index in [-0.39, 0.29) is 5.02 Å². The van der Waals surface area contributed by atoms with E-state index in [4.69, 9.17) is 11.6 Å². The van der Waals surface area contributed by atoms with Crippen LogP contribution >= 0.6 is 11.6 Å². The number of halogens is 2. The highest BCUT2D eigenvalue weighted by atomic mass is 35.5. The molecule has 1 aromatic carbocycles. The normalized spacial score (nSPS) is 14.9. The van der Waals surface area contributed by atoms with Gasteiger partial charge in [-0.05, 0) is 31.0 Å². The van der Waals surface area contributed by atoms with Crippen LogP contribution in [0.5, 0.6) is 0 Å². The van der Waals surface area contributed by atoms with Crippen molar-refractivity contribution < 1.29 is 4.39 Å². The van der Waals surface area contributed by atoms with Crippen LogP contribution < -0.4 is 5.32 Å². The van der Waals surface area contributed by atoms with Crippen LogP contribution in [0.15, 0.2) is 30.6 Å². The Kier molecular flexibility index (Phi) is 2.52. The van der Waals surface area contributed by atoms with E-state index in [0.29, 0.717) is 11.7 Å². The molecule has 3 rings (SSSR count). The first kappa shape index (κ1) is 10.6. The molecule has 1 aliphatic rings. The molecule has 1 saturated carbocycles. The van der Waals surface area contributed by atoms with Crippen LogP contribution in [0.25, 0.3) is 5.69 Å². The molecule has 2 aromatic rings. The van der Waals surface area contributed by atoms with E-state index in [2.05, 4.69) is 10.3 Å². The summed E-state index contributed by atoms with van der Waals surface area (Å²) >= 11 is 5.66. The predicted octanol–water partition coefficient (Wildman–Crippen LogP) is 3.24. The fourth-order valence-corrected chi connectivity index (χ4v) is 1.78. The summed E-state index contributed by atoms with van der Waals surface area (Å²) < 4.78 is 15.2. The smallest absolute Gasteiger partial charge is 0.207 e. The third-order valence-electron chi connectivity index (χ3n) is 2.73. The van der Waals surface area contributed by atoms with Gasteiger partial charge in [-0.2, -0.15) is 0 Å². The van der Waals surface area contributed by atoms with Crippen LogP contribution in [0, 0.1) is 5.82 Å². The fraction of sp³-hybridized carbons (Fsp3) is 0.250. The molecule has 0 saturated heterocycles. The third-order valence-corrected chi connectivity index (χ3v) is 3.04. The molecule has 5 heteroatoms. The molecular formula is C12H11ClFN3. The molecule has 0 radical (unpaired) electrons. The molecule has 1 fully saturated rings. The molecule has 0 unspecified atom stereocenters. The van der Waals surface area contributed by atoms with E-state index in [1.165, 1.54) is 18.9 Å². The summed E-state index contributed by atoms with van der Waals surface area (Å²) in [7, 11) is 0. The summed E-state index contributed by atoms with van der Waals surface area (Å²) in [6, 6.07) is 5.23. The second kappa shape index (κ2) is 4.04. The minimum atomic E-state index is -0.421. The number of aromatic nitrogens is 2. The maximum atomic E-state index is 13.4. The van der Waals surface area contributed by atoms with Gasteiger partial charge >= 0.3 is 0 Å². The zero-order valence-corrected chi connectivity index (χ0v) is 9.78. The first-order chi connectivity index (χ1) is 8.24. The van der Waals surface area contributed by atoms with E-state index in [0.717, 1.165) is 5.95 Å². The van der Waals surface area contributed by atoms with E-state index >= 15 is 0 Å². The van der Waals surface area contributed by atoms with Gasteiger partial charge in [0, 0.05) is 18.4 Å². The quantitative estimate of drug-likeness (QED) is 0.908. The molecule has 0 atom stereocenters. The molecule has 0 amide bonds. The lowest BCUT2D eigenvalue weighted by atomic mass is 10.3. The van der Waals surface area contributed by atoms with Crippen molar-refractivity contribution >= 4 is 17.5 Å². The SMILES string of the molecule is Fc1cc(-n2ccnc2NC2CC2)ccc1Cl. The Labute approximate surface area is 103 Å². The molecule has 0 bridgehead atoms. The van der Waals surface area contributed by atoms with Gasteiger partial charge in [-0.15, -0.1) is 0 Å². The van der Waals surface area contributed by atoms with Gasteiger partial charge in [0.2, 0.25) is 5.95 Å². The van der Waals surface area contributed by atoms with E-state index in [9.17, 15) is 4.39 Å². The summed E-state index contributed by atoms with van der Waals surface area (Å²) in [6.45, 7) is 0. The van der Waals surface area contributed by atoms with Crippen molar-refractivity contribution in [1.29, 1.82) is 0 Å². The number of rotatable bonds is 3. The van der Waals surface area contributed by atoms with Gasteiger partial charge in [0.1, 0.15) is 5.82 Å². The Balaban J connectivity index is 1.96. The van der Waals surface area contributed by atoms with Crippen LogP contribution in [0.4, 0.5) is 10.3 Å². The first-order valence-corrected chi connectivity index (χ1v) is 5.87. The number of nitrogens with zero attached hydrogens (tertiary/aromatic N) is 2. The van der Waals surface area contributed by atoms with Crippen molar-refractivity contribution in [2.45, 2.75) is 18.9 Å². The highest BCUT2D eigenvalue weighted by Crippen LogP contribution is 2.26. The van der Waals surface area contributed by atoms with E-state index in [1.54, 1.807) is 24.5 Å². The zero-order valence-electron chi connectivity index (χ0n) is 9.03. The largest absolute Gasteiger partial charge is 0.353 e. The van der Waals surface area contributed by atoms with Crippen molar-refractivity contribution in [3.63, 3.8) is 0 Å². The Hall–Kier alpha value is -1.55. The van der Waals surface area contributed by atoms with E-state index < -0.39 is 5.82 Å². The molecule has 1 aliphatic carbocycles. The van der Waals surface area contributed by atoms with Gasteiger partial charge in [-0.25, -0.2) is 9.37 Å². The average molecular weight is 252 g/mol. The summed E-state index contributed by atoms with van der Waals surface area (Å²) in [6.07, 6.45) is 5.83. The molecule has 0 spiro atoms. The molecule has 88 valence electrons. The fourth-order valence-electron chi connectivity index (χ4n) is 1.66. The number of hydrogen-bond donors (Lipinski definition) is 1. The molecule has 17 heavy (non-hydrogen) atoms. The third kappa shape index (κ3) is 2.13. The average Bonchev–Trinajstić information content (AvgIpc) is 3.00. The number of hydrogen-bond acceptors (Lipinski definition) is 2. The zero-order chi connectivity index (χ0) is 11.8. The van der Waals surface area contributed by atoms with Crippen LogP contribution in [-0.2, 0) is 0 Å². The number of nitrogens with one attached hydrogen (secondary N) is 1. The van der Waals surface area contributed by atoms with Crippen molar-refractivity contribution in [3.8, 4) is 5.69 Å². The second-order valence-electron chi connectivity index (χ2n) is 4.14. The van der Waals surface area contributed by atoms with Crippen LogP contribution in [0.3, 0.4) is 0 Å². The molecular weight excluding hydrogens is 241 g/mol. The molecule has 1 aromatic heterocycles. The standard InChI is InChI=1S/C12H11ClFN3/c13-10-4-3-9(7-11(10)14)17-6-5-15-12(17)16-8-1-2-8/h3-8H,1-2H2,(H,15,16). The Morgan fingerprint density at radius 2 is 2.24 bits per heavy atom. The van der Waals surface area contributed by atoms with Gasteiger partial charge in [-0.3, -0.25) is 4.57 Å². The van der Waals surface area contributed by atoms with Crippen molar-refractivity contribution in [2.75, 3.05) is 5.32 Å². The van der Waals surface area contributed by atoms with Crippen molar-refractivity contribution in [2.24, 2.45) is 0 Å². The molecule has 3 nitrogen and oxygen atoms in total. The number of anilines is 1. The number of benzene rings is 1. The van der Waals surface area contributed by atoms with E-state index in [1.807, 2.05) is 4.57 Å². The molecule has 1 N–H and O–H groups in total. The van der Waals surface area contributed by atoms with Crippen molar-refractivity contribution in [1.82, 2.24) is 9.55 Å². The molecule has 1 heterocycles. The van der Waals surface area contributed by atoms with Gasteiger partial charge < -0.3 is 5.32 Å². The topological polar surface area (TPSA) is 29.9 Å². The summed E-state index contributed by atoms with van der Waals surface area (Å²) in [4.78, 5) is 4.22. The van der Waals surface area contributed by atoms with Crippen LogP contribution in [-0.4, -0.2) is 15.6 Å². The molecule has 0 aliphatic heterocycles. The van der Waals surface area contributed by atoms with Gasteiger partial charge in [0.05, 0.1) is 10.7 Å². The summed E-state index contributed by atoms with van der Waals surface area (Å²) in [5, 5.41) is 3.42. The summed E-state index contributed by atoms with van der Waals surface area (Å²) in [5.74, 6) is 0.324. The second-order valence-corrected chi connectivity index (χ2v) is 4.55. The lowest BCUT2D eigenvalue weighted by molar-refractivity contribution is 0.627. The predicted molar refractivity (Wildman–Crippen MR) is 65.2 cm³/mol. The minimum absolute atomic E-state index is 0.130. The van der Waals surface area contributed by atoms with Gasteiger partial charge in [-0.1, -0.05) is 11.6 Å².